The van der Waals surface area contributed by atoms with Gasteiger partial charge in [0.25, 0.3) is 0 Å². The maximum atomic E-state index is 13.0. The highest BCUT2D eigenvalue weighted by molar-refractivity contribution is 7.71. The molecule has 0 amide bonds. The number of hydrogen-bond donors (Lipinski definition) is 1. The van der Waals surface area contributed by atoms with Gasteiger partial charge in [-0.25, -0.2) is 9.07 Å². The Labute approximate surface area is 133 Å². The summed E-state index contributed by atoms with van der Waals surface area (Å²) in [6, 6.07) is 6.27. The van der Waals surface area contributed by atoms with Crippen LogP contribution in [-0.2, 0) is 26.9 Å². The molecule has 1 aromatic heterocycles. The number of aromatic nitrogens is 3. The predicted molar refractivity (Wildman–Crippen MR) is 83.6 cm³/mol. The van der Waals surface area contributed by atoms with Gasteiger partial charge < -0.3 is 9.67 Å². The average Bonchev–Trinajstić information content (AvgIpc) is 2.77. The predicted octanol–water partition coefficient (Wildman–Crippen LogP) is 1.68. The summed E-state index contributed by atoms with van der Waals surface area (Å²) in [5.74, 6) is 2.82. The topological polar surface area (TPSA) is 46.2 Å². The minimum Gasteiger partial charge on any atom is -0.388 e. The van der Waals surface area contributed by atoms with Gasteiger partial charge in [-0.3, -0.25) is 4.90 Å². The maximum Gasteiger partial charge on any atom is 0.198 e. The number of aliphatic hydroxyl groups is 1. The monoisotopic (exact) mass is 320 g/mol. The number of nitrogens with zero attached hydrogens (tertiary/aromatic N) is 4. The number of benzene rings is 1. The van der Waals surface area contributed by atoms with Crippen molar-refractivity contribution in [1.29, 1.82) is 0 Å². The molecule has 0 bridgehead atoms. The Bertz CT molecular complexity index is 729. The van der Waals surface area contributed by atoms with E-state index in [0.717, 1.165) is 5.56 Å². The minimum absolute atomic E-state index is 0.180. The van der Waals surface area contributed by atoms with Gasteiger partial charge >= 0.3 is 0 Å². The van der Waals surface area contributed by atoms with E-state index in [1.54, 1.807) is 28.4 Å². The van der Waals surface area contributed by atoms with Crippen molar-refractivity contribution in [2.24, 2.45) is 7.05 Å². The first-order valence-corrected chi connectivity index (χ1v) is 7.09. The molecule has 0 aliphatic heterocycles. The zero-order valence-electron chi connectivity index (χ0n) is 12.2. The first-order valence-electron chi connectivity index (χ1n) is 6.69. The molecule has 0 atom stereocenters. The van der Waals surface area contributed by atoms with Gasteiger partial charge in [0.05, 0.1) is 13.2 Å². The van der Waals surface area contributed by atoms with Gasteiger partial charge in [0.2, 0.25) is 0 Å². The zero-order chi connectivity index (χ0) is 16.1. The van der Waals surface area contributed by atoms with E-state index in [9.17, 15) is 9.50 Å². The number of rotatable bonds is 6. The van der Waals surface area contributed by atoms with E-state index in [4.69, 9.17) is 18.6 Å². The highest BCUT2D eigenvalue weighted by Gasteiger charge is 2.11. The molecule has 0 aliphatic rings. The molecular formula is C15H17FN4OS. The Kier molecular flexibility index (Phi) is 5.44. The summed E-state index contributed by atoms with van der Waals surface area (Å²) >= 11 is 5.29. The molecule has 0 radical (unpaired) electrons. The fourth-order valence-corrected chi connectivity index (χ4v) is 2.29. The summed E-state index contributed by atoms with van der Waals surface area (Å²) in [4.78, 5) is 1.96. The van der Waals surface area contributed by atoms with Gasteiger partial charge in [-0.2, -0.15) is 5.10 Å². The third-order valence-corrected chi connectivity index (χ3v) is 3.73. The van der Waals surface area contributed by atoms with Gasteiger partial charge in [-0.1, -0.05) is 18.1 Å². The van der Waals surface area contributed by atoms with Crippen molar-refractivity contribution in [2.75, 3.05) is 6.54 Å². The molecule has 116 valence electrons. The molecule has 5 nitrogen and oxygen atoms in total. The van der Waals surface area contributed by atoms with E-state index in [1.807, 2.05) is 4.90 Å². The fraction of sp³-hybridized carbons (Fsp3) is 0.333. The van der Waals surface area contributed by atoms with Crippen LogP contribution in [0, 0.1) is 22.9 Å². The van der Waals surface area contributed by atoms with Crippen LogP contribution >= 0.6 is 12.2 Å². The number of halogens is 1. The van der Waals surface area contributed by atoms with E-state index in [-0.39, 0.29) is 12.4 Å². The molecule has 0 unspecified atom stereocenters. The zero-order valence-corrected chi connectivity index (χ0v) is 13.1. The number of hydrogen-bond acceptors (Lipinski definition) is 4. The summed E-state index contributed by atoms with van der Waals surface area (Å²) in [5, 5.41) is 13.5. The van der Waals surface area contributed by atoms with Crippen LogP contribution < -0.4 is 0 Å². The lowest BCUT2D eigenvalue weighted by Crippen LogP contribution is -2.27. The van der Waals surface area contributed by atoms with Gasteiger partial charge in [-0.15, -0.1) is 6.42 Å². The summed E-state index contributed by atoms with van der Waals surface area (Å²) in [5.41, 5.74) is 0.946. The molecule has 2 aromatic rings. The molecule has 0 aliphatic carbocycles. The lowest BCUT2D eigenvalue weighted by molar-refractivity contribution is 0.219. The van der Waals surface area contributed by atoms with Crippen LogP contribution in [0.4, 0.5) is 4.39 Å². The Morgan fingerprint density at radius 1 is 1.41 bits per heavy atom. The molecule has 2 rings (SSSR count). The van der Waals surface area contributed by atoms with Crippen molar-refractivity contribution < 1.29 is 9.50 Å². The van der Waals surface area contributed by atoms with Crippen LogP contribution in [0.2, 0.25) is 0 Å². The fourth-order valence-electron chi connectivity index (χ4n) is 2.09. The van der Waals surface area contributed by atoms with Crippen molar-refractivity contribution in [3.05, 3.63) is 46.2 Å². The van der Waals surface area contributed by atoms with Crippen molar-refractivity contribution in [2.45, 2.75) is 19.8 Å². The van der Waals surface area contributed by atoms with Crippen LogP contribution in [-0.4, -0.2) is 30.9 Å². The van der Waals surface area contributed by atoms with Crippen molar-refractivity contribution >= 4 is 12.2 Å². The molecule has 0 saturated carbocycles. The first kappa shape index (κ1) is 16.4. The van der Waals surface area contributed by atoms with E-state index in [2.05, 4.69) is 11.0 Å². The summed E-state index contributed by atoms with van der Waals surface area (Å²) in [7, 11) is 1.75. The Morgan fingerprint density at radius 2 is 2.09 bits per heavy atom. The highest BCUT2D eigenvalue weighted by Crippen LogP contribution is 2.08. The van der Waals surface area contributed by atoms with E-state index >= 15 is 0 Å². The maximum absolute atomic E-state index is 13.0. The smallest absolute Gasteiger partial charge is 0.198 e. The number of terminal acetylenes is 1. The lowest BCUT2D eigenvalue weighted by atomic mass is 10.2. The molecule has 22 heavy (non-hydrogen) atoms. The normalized spacial score (nSPS) is 10.9. The lowest BCUT2D eigenvalue weighted by Gasteiger charge is -2.19. The van der Waals surface area contributed by atoms with Crippen LogP contribution in [0.15, 0.2) is 24.3 Å². The molecule has 1 heterocycles. The Balaban J connectivity index is 2.17. The quantitative estimate of drug-likeness (QED) is 0.650. The largest absolute Gasteiger partial charge is 0.388 e. The van der Waals surface area contributed by atoms with Crippen LogP contribution in [0.3, 0.4) is 0 Å². The van der Waals surface area contributed by atoms with Gasteiger partial charge in [-0.05, 0) is 29.9 Å². The first-order chi connectivity index (χ1) is 10.5. The minimum atomic E-state index is -0.271. The number of aliphatic hydroxyl groups excluding tert-OH is 1. The second kappa shape index (κ2) is 7.31. The van der Waals surface area contributed by atoms with Crippen LogP contribution in [0.25, 0.3) is 0 Å². The van der Waals surface area contributed by atoms with E-state index in [1.165, 1.54) is 12.1 Å². The molecule has 0 saturated heterocycles. The Morgan fingerprint density at radius 3 is 2.64 bits per heavy atom. The van der Waals surface area contributed by atoms with Gasteiger partial charge in [0.1, 0.15) is 12.4 Å². The standard InChI is InChI=1S/C15H17FN4OS/c1-3-8-19(9-12-4-6-13(16)7-5-12)11-20-15(22)18(2)14(10-21)17-20/h1,4-7,21H,8-11H2,2H3. The molecule has 0 spiro atoms. The van der Waals surface area contributed by atoms with Crippen molar-refractivity contribution in [1.82, 2.24) is 19.2 Å². The molecule has 1 N–H and O–H groups in total. The van der Waals surface area contributed by atoms with Crippen LogP contribution in [0.5, 0.6) is 0 Å². The second-order valence-electron chi connectivity index (χ2n) is 4.87. The Hall–Kier alpha value is -2.01. The molecule has 0 fully saturated rings. The van der Waals surface area contributed by atoms with Gasteiger partial charge in [0.15, 0.2) is 10.6 Å². The van der Waals surface area contributed by atoms with E-state index < -0.39 is 0 Å². The third kappa shape index (κ3) is 3.80. The van der Waals surface area contributed by atoms with Crippen molar-refractivity contribution in [3.8, 4) is 12.3 Å². The second-order valence-corrected chi connectivity index (χ2v) is 5.24. The SMILES string of the molecule is C#CCN(Cc1ccc(F)cc1)Cn1nc(CO)n(C)c1=S. The summed E-state index contributed by atoms with van der Waals surface area (Å²) in [6.07, 6.45) is 5.41. The summed E-state index contributed by atoms with van der Waals surface area (Å²) in [6.45, 7) is 1.18. The third-order valence-electron chi connectivity index (χ3n) is 3.24. The summed E-state index contributed by atoms with van der Waals surface area (Å²) < 4.78 is 16.7. The van der Waals surface area contributed by atoms with Crippen molar-refractivity contribution in [3.63, 3.8) is 0 Å². The average molecular weight is 320 g/mol. The molecule has 7 heteroatoms. The van der Waals surface area contributed by atoms with E-state index in [0.29, 0.717) is 30.4 Å². The molecular weight excluding hydrogens is 303 g/mol. The highest BCUT2D eigenvalue weighted by atomic mass is 32.1. The van der Waals surface area contributed by atoms with Gasteiger partial charge in [0, 0.05) is 13.6 Å². The molecule has 1 aromatic carbocycles. The van der Waals surface area contributed by atoms with Crippen LogP contribution in [0.1, 0.15) is 11.4 Å².